The number of allylic oxidation sites excluding steroid dienone is 2. The molecule has 0 fully saturated rings. The molecule has 0 aromatic heterocycles. The summed E-state index contributed by atoms with van der Waals surface area (Å²) < 4.78 is 0. The van der Waals surface area contributed by atoms with Gasteiger partial charge in [-0.15, -0.1) is 0 Å². The molecule has 0 spiro atoms. The molecule has 1 rings (SSSR count). The normalized spacial score (nSPS) is 20.4. The second-order valence-corrected chi connectivity index (χ2v) is 2.69. The number of rotatable bonds is 2. The second kappa shape index (κ2) is 3.57. The van der Waals surface area contributed by atoms with Crippen molar-refractivity contribution in [3.05, 3.63) is 23.8 Å². The van der Waals surface area contributed by atoms with Crippen molar-refractivity contribution in [2.24, 2.45) is 0 Å². The van der Waals surface area contributed by atoms with Crippen molar-refractivity contribution in [1.29, 1.82) is 0 Å². The zero-order valence-corrected chi connectivity index (χ0v) is 6.72. The van der Waals surface area contributed by atoms with E-state index in [-0.39, 0.29) is 0 Å². The predicted octanol–water partition coefficient (Wildman–Crippen LogP) is 1.87. The molecule has 0 radical (unpaired) electrons. The summed E-state index contributed by atoms with van der Waals surface area (Å²) in [5, 5.41) is 3.22. The highest BCUT2D eigenvalue weighted by molar-refractivity contribution is 5.26. The van der Waals surface area contributed by atoms with Gasteiger partial charge in [-0.05, 0) is 32.4 Å². The van der Waals surface area contributed by atoms with Crippen LogP contribution in [0.2, 0.25) is 0 Å². The molecule has 1 aliphatic rings. The van der Waals surface area contributed by atoms with Gasteiger partial charge in [-0.3, -0.25) is 0 Å². The van der Waals surface area contributed by atoms with E-state index in [2.05, 4.69) is 30.5 Å². The Morgan fingerprint density at radius 3 is 2.80 bits per heavy atom. The summed E-state index contributed by atoms with van der Waals surface area (Å²) in [6.45, 7) is 2.18. The highest BCUT2D eigenvalue weighted by Crippen LogP contribution is 2.12. The van der Waals surface area contributed by atoms with Gasteiger partial charge >= 0.3 is 0 Å². The third kappa shape index (κ3) is 1.71. The molecule has 10 heavy (non-hydrogen) atoms. The molecule has 0 aromatic carbocycles. The summed E-state index contributed by atoms with van der Waals surface area (Å²) in [7, 11) is 1.99. The first-order valence-corrected chi connectivity index (χ1v) is 3.88. The largest absolute Gasteiger partial charge is 0.313 e. The maximum absolute atomic E-state index is 3.22. The van der Waals surface area contributed by atoms with E-state index in [1.54, 1.807) is 0 Å². The average molecular weight is 137 g/mol. The van der Waals surface area contributed by atoms with Gasteiger partial charge < -0.3 is 5.32 Å². The zero-order chi connectivity index (χ0) is 7.40. The quantitative estimate of drug-likeness (QED) is 0.612. The van der Waals surface area contributed by atoms with Gasteiger partial charge in [-0.25, -0.2) is 0 Å². The van der Waals surface area contributed by atoms with Crippen molar-refractivity contribution in [3.8, 4) is 0 Å². The molecule has 1 atom stereocenters. The number of hydrogen-bond acceptors (Lipinski definition) is 1. The van der Waals surface area contributed by atoms with E-state index in [1.807, 2.05) is 7.05 Å². The first kappa shape index (κ1) is 7.55. The molecule has 56 valence electrons. The Morgan fingerprint density at radius 2 is 2.30 bits per heavy atom. The molecule has 0 saturated carbocycles. The van der Waals surface area contributed by atoms with Crippen molar-refractivity contribution >= 4 is 0 Å². The molecular weight excluding hydrogens is 122 g/mol. The minimum absolute atomic E-state index is 0.511. The van der Waals surface area contributed by atoms with E-state index in [0.717, 1.165) is 0 Å². The van der Waals surface area contributed by atoms with E-state index >= 15 is 0 Å². The smallest absolute Gasteiger partial charge is 0.0285 e. The van der Waals surface area contributed by atoms with Crippen LogP contribution in [-0.4, -0.2) is 13.1 Å². The topological polar surface area (TPSA) is 12.0 Å². The maximum atomic E-state index is 3.22. The Bertz CT molecular complexity index is 156. The molecule has 1 nitrogen and oxygen atoms in total. The summed E-state index contributed by atoms with van der Waals surface area (Å²) in [6.07, 6.45) is 9.17. The molecule has 0 heterocycles. The molecule has 1 unspecified atom stereocenters. The zero-order valence-electron chi connectivity index (χ0n) is 6.72. The van der Waals surface area contributed by atoms with Crippen molar-refractivity contribution in [3.63, 3.8) is 0 Å². The Morgan fingerprint density at radius 1 is 1.50 bits per heavy atom. The highest BCUT2D eigenvalue weighted by Gasteiger charge is 2.03. The van der Waals surface area contributed by atoms with Gasteiger partial charge in [0.25, 0.3) is 0 Å². The van der Waals surface area contributed by atoms with E-state index in [9.17, 15) is 0 Å². The number of nitrogens with one attached hydrogen (secondary N) is 1. The first-order valence-electron chi connectivity index (χ1n) is 3.88. The Hall–Kier alpha value is -0.560. The Labute approximate surface area is 62.8 Å². The van der Waals surface area contributed by atoms with Crippen LogP contribution in [0.4, 0.5) is 0 Å². The van der Waals surface area contributed by atoms with Crippen LogP contribution in [0.25, 0.3) is 0 Å². The van der Waals surface area contributed by atoms with Crippen LogP contribution in [0, 0.1) is 0 Å². The van der Waals surface area contributed by atoms with Crippen molar-refractivity contribution in [1.82, 2.24) is 5.32 Å². The van der Waals surface area contributed by atoms with Crippen molar-refractivity contribution in [2.75, 3.05) is 7.05 Å². The lowest BCUT2D eigenvalue weighted by Gasteiger charge is -2.13. The second-order valence-electron chi connectivity index (χ2n) is 2.69. The lowest BCUT2D eigenvalue weighted by Crippen LogP contribution is -2.23. The molecular formula is C9H15N. The highest BCUT2D eigenvalue weighted by atomic mass is 14.9. The van der Waals surface area contributed by atoms with Crippen LogP contribution in [0.3, 0.4) is 0 Å². The monoisotopic (exact) mass is 137 g/mol. The fourth-order valence-electron chi connectivity index (χ4n) is 1.12. The predicted molar refractivity (Wildman–Crippen MR) is 45.0 cm³/mol. The fraction of sp³-hybridized carbons (Fsp3) is 0.556. The fourth-order valence-corrected chi connectivity index (χ4v) is 1.12. The lowest BCUT2D eigenvalue weighted by molar-refractivity contribution is 0.697. The molecule has 0 aromatic rings. The molecule has 1 N–H and O–H groups in total. The van der Waals surface area contributed by atoms with Crippen LogP contribution in [-0.2, 0) is 0 Å². The third-order valence-electron chi connectivity index (χ3n) is 1.96. The first-order chi connectivity index (χ1) is 4.84. The van der Waals surface area contributed by atoms with Gasteiger partial charge in [0.1, 0.15) is 0 Å². The minimum atomic E-state index is 0.511. The van der Waals surface area contributed by atoms with Gasteiger partial charge in [0.2, 0.25) is 0 Å². The van der Waals surface area contributed by atoms with Crippen LogP contribution in [0.15, 0.2) is 23.8 Å². The number of hydrogen-bond donors (Lipinski definition) is 1. The third-order valence-corrected chi connectivity index (χ3v) is 1.96. The van der Waals surface area contributed by atoms with E-state index in [0.29, 0.717) is 6.04 Å². The average Bonchev–Trinajstić information content (AvgIpc) is 2.05. The summed E-state index contributed by atoms with van der Waals surface area (Å²) in [6, 6.07) is 0.511. The Kier molecular flexibility index (Phi) is 2.69. The van der Waals surface area contributed by atoms with Crippen molar-refractivity contribution in [2.45, 2.75) is 25.8 Å². The molecule has 1 heteroatoms. The van der Waals surface area contributed by atoms with E-state index in [4.69, 9.17) is 0 Å². The SMILES string of the molecule is CNC(C)C1=CCCC=C1. The van der Waals surface area contributed by atoms with Crippen LogP contribution >= 0.6 is 0 Å². The summed E-state index contributed by atoms with van der Waals surface area (Å²) in [4.78, 5) is 0. The van der Waals surface area contributed by atoms with Gasteiger partial charge in [-0.2, -0.15) is 0 Å². The molecule has 0 amide bonds. The summed E-state index contributed by atoms with van der Waals surface area (Å²) in [5.74, 6) is 0. The summed E-state index contributed by atoms with van der Waals surface area (Å²) in [5.41, 5.74) is 1.42. The Balaban J connectivity index is 2.54. The summed E-state index contributed by atoms with van der Waals surface area (Å²) >= 11 is 0. The van der Waals surface area contributed by atoms with Gasteiger partial charge in [-0.1, -0.05) is 18.2 Å². The van der Waals surface area contributed by atoms with Gasteiger partial charge in [0, 0.05) is 6.04 Å². The standard InChI is InChI=1S/C9H15N/c1-8(10-2)9-6-4-3-5-7-9/h4,6-8,10H,3,5H2,1-2H3. The molecule has 0 bridgehead atoms. The van der Waals surface area contributed by atoms with Crippen LogP contribution in [0.1, 0.15) is 19.8 Å². The maximum Gasteiger partial charge on any atom is 0.0285 e. The van der Waals surface area contributed by atoms with Gasteiger partial charge in [0.15, 0.2) is 0 Å². The molecule has 1 aliphatic carbocycles. The van der Waals surface area contributed by atoms with Crippen LogP contribution < -0.4 is 5.32 Å². The van der Waals surface area contributed by atoms with E-state index < -0.39 is 0 Å². The molecule has 0 aliphatic heterocycles. The minimum Gasteiger partial charge on any atom is -0.313 e. The van der Waals surface area contributed by atoms with E-state index in [1.165, 1.54) is 18.4 Å². The lowest BCUT2D eigenvalue weighted by atomic mass is 10.0. The van der Waals surface area contributed by atoms with Gasteiger partial charge in [0.05, 0.1) is 0 Å². The number of likely N-dealkylation sites (N-methyl/N-ethyl adjacent to an activating group) is 1. The van der Waals surface area contributed by atoms with Crippen molar-refractivity contribution < 1.29 is 0 Å². The molecule has 0 saturated heterocycles. The van der Waals surface area contributed by atoms with Crippen LogP contribution in [0.5, 0.6) is 0 Å².